The third kappa shape index (κ3) is 6.24. The van der Waals surface area contributed by atoms with Crippen LogP contribution in [-0.2, 0) is 17.6 Å². The third-order valence-electron chi connectivity index (χ3n) is 8.86. The monoisotopic (exact) mass is 662 g/mol. The minimum atomic E-state index is -4.94. The van der Waals surface area contributed by atoms with Crippen molar-refractivity contribution in [3.63, 3.8) is 0 Å². The Balaban J connectivity index is 0.000000720. The Labute approximate surface area is 272 Å². The summed E-state index contributed by atoms with van der Waals surface area (Å²) in [5.41, 5.74) is 6.66. The van der Waals surface area contributed by atoms with Crippen LogP contribution >= 0.6 is 0 Å². The number of esters is 1. The zero-order chi connectivity index (χ0) is 33.5. The molecule has 0 bridgehead atoms. The van der Waals surface area contributed by atoms with Crippen LogP contribution in [-0.4, -0.2) is 38.8 Å². The summed E-state index contributed by atoms with van der Waals surface area (Å²) in [5, 5.41) is 2.20. The zero-order valence-electron chi connectivity index (χ0n) is 26.4. The number of fused-ring (bicyclic) bond motifs is 5. The first-order chi connectivity index (χ1) is 22.5. The number of benzene rings is 3. The maximum absolute atomic E-state index is 14.1. The van der Waals surface area contributed by atoms with Crippen molar-refractivity contribution in [1.82, 2.24) is 4.58 Å². The van der Waals surface area contributed by atoms with Crippen LogP contribution in [0.25, 0.3) is 44.4 Å². The van der Waals surface area contributed by atoms with Gasteiger partial charge in [-0.15, -0.1) is 10.2 Å². The SMILES string of the molecule is CCOC(=O)c1ccccc1-c1c2ccc(=[N+](CC)CC)cc-2oc2c1c(=O)oc1c3c4c(cc12)CCCN4CCC3.[O-][Cl+3]([O-])([O-])[O-]. The minimum absolute atomic E-state index is 0.254. The molecule has 0 saturated carbocycles. The Kier molecular flexibility index (Phi) is 9.10. The van der Waals surface area contributed by atoms with E-state index in [0.717, 1.165) is 73.7 Å². The highest BCUT2D eigenvalue weighted by molar-refractivity contribution is 6.13. The van der Waals surface area contributed by atoms with Crippen LogP contribution in [0, 0.1) is 10.2 Å². The van der Waals surface area contributed by atoms with E-state index in [9.17, 15) is 9.59 Å². The van der Waals surface area contributed by atoms with Gasteiger partial charge in [0.05, 0.1) is 23.6 Å². The molecule has 0 atom stereocenters. The summed E-state index contributed by atoms with van der Waals surface area (Å²) in [6.45, 7) is 10.1. The molecule has 3 aromatic rings. The lowest BCUT2D eigenvalue weighted by atomic mass is 9.88. The summed E-state index contributed by atoms with van der Waals surface area (Å²) in [4.78, 5) is 29.7. The second kappa shape index (κ2) is 13.1. The normalized spacial score (nSPS) is 14.1. The van der Waals surface area contributed by atoms with Crippen LogP contribution in [0.4, 0.5) is 5.69 Å². The van der Waals surface area contributed by atoms with Crippen LogP contribution < -0.4 is 39.1 Å². The molecular formula is C35H35ClN2O9. The van der Waals surface area contributed by atoms with E-state index in [1.54, 1.807) is 13.0 Å². The molecule has 0 saturated heterocycles. The predicted molar refractivity (Wildman–Crippen MR) is 165 cm³/mol. The summed E-state index contributed by atoms with van der Waals surface area (Å²) < 4.78 is 54.6. The molecule has 4 heterocycles. The van der Waals surface area contributed by atoms with E-state index >= 15 is 0 Å². The lowest BCUT2D eigenvalue weighted by Gasteiger charge is -2.37. The van der Waals surface area contributed by atoms with Crippen LogP contribution in [0.1, 0.15) is 55.1 Å². The van der Waals surface area contributed by atoms with Crippen molar-refractivity contribution in [3.8, 4) is 22.5 Å². The number of ether oxygens (including phenoxy) is 1. The first-order valence-electron chi connectivity index (χ1n) is 15.8. The average Bonchev–Trinajstić information content (AvgIpc) is 3.04. The fourth-order valence-corrected chi connectivity index (χ4v) is 7.01. The molecule has 0 N–H and O–H groups in total. The quantitative estimate of drug-likeness (QED) is 0.0878. The maximum Gasteiger partial charge on any atom is 0.348 e. The Morgan fingerprint density at radius 3 is 2.32 bits per heavy atom. The Hall–Kier alpha value is -4.26. The third-order valence-corrected chi connectivity index (χ3v) is 8.86. The molecule has 3 aliphatic heterocycles. The zero-order valence-corrected chi connectivity index (χ0v) is 27.2. The van der Waals surface area contributed by atoms with E-state index in [0.29, 0.717) is 39.0 Å². The van der Waals surface area contributed by atoms with E-state index in [1.165, 1.54) is 11.3 Å². The van der Waals surface area contributed by atoms with Crippen LogP contribution in [0.5, 0.6) is 0 Å². The summed E-state index contributed by atoms with van der Waals surface area (Å²) in [6.07, 6.45) is 3.96. The van der Waals surface area contributed by atoms with Crippen molar-refractivity contribution in [2.45, 2.75) is 46.5 Å². The highest BCUT2D eigenvalue weighted by atomic mass is 35.7. The van der Waals surface area contributed by atoms with Crippen LogP contribution in [0.3, 0.4) is 0 Å². The number of hydrogen-bond donors (Lipinski definition) is 0. The smallest absolute Gasteiger partial charge is 0.348 e. The van der Waals surface area contributed by atoms with Crippen molar-refractivity contribution in [3.05, 3.63) is 81.0 Å². The maximum atomic E-state index is 14.1. The van der Waals surface area contributed by atoms with Gasteiger partial charge in [-0.1, -0.05) is 18.2 Å². The molecule has 2 aromatic carbocycles. The van der Waals surface area contributed by atoms with Crippen LogP contribution in [0.2, 0.25) is 0 Å². The van der Waals surface area contributed by atoms with Gasteiger partial charge < -0.3 is 18.5 Å². The fourth-order valence-electron chi connectivity index (χ4n) is 7.01. The molecule has 4 aliphatic rings. The number of carbonyl (C=O) groups excluding carboxylic acids is 1. The van der Waals surface area contributed by atoms with Gasteiger partial charge in [0.25, 0.3) is 0 Å². The highest BCUT2D eigenvalue weighted by Gasteiger charge is 2.31. The van der Waals surface area contributed by atoms with E-state index in [-0.39, 0.29) is 6.61 Å². The van der Waals surface area contributed by atoms with E-state index < -0.39 is 21.8 Å². The molecule has 11 nitrogen and oxygen atoms in total. The first kappa shape index (κ1) is 32.7. The molecular weight excluding hydrogens is 628 g/mol. The standard InChI is InChI=1S/C35H35N2O5.ClHO4/c1-4-36(5-2)22-15-16-25-28(20-22)41-33-27-19-21-11-9-17-37-18-10-14-26(31(21)37)32(27)42-35(39)30(33)29(25)23-12-7-8-13-24(23)34(38)40-6-3;2-1(3,4)5/h7-8,12-13,15-16,19-20H,4-6,9-11,14,17-18H2,1-3H3;(H,2,3,4,5)/q+1;/p-1. The predicted octanol–water partition coefficient (Wildman–Crippen LogP) is 1.24. The number of rotatable bonds is 5. The summed E-state index contributed by atoms with van der Waals surface area (Å²) in [7, 11) is -4.94. The molecule has 1 aliphatic carbocycles. The van der Waals surface area contributed by atoms with Gasteiger partial charge in [0.1, 0.15) is 29.8 Å². The lowest BCUT2D eigenvalue weighted by molar-refractivity contribution is -2.00. The Bertz CT molecular complexity index is 2080. The lowest BCUT2D eigenvalue weighted by Crippen LogP contribution is -2.68. The number of carbonyl (C=O) groups is 1. The van der Waals surface area contributed by atoms with Crippen molar-refractivity contribution < 1.29 is 47.2 Å². The highest BCUT2D eigenvalue weighted by Crippen LogP contribution is 2.45. The average molecular weight is 663 g/mol. The topological polar surface area (TPSA) is 168 Å². The molecule has 0 amide bonds. The van der Waals surface area contributed by atoms with Gasteiger partial charge in [-0.05, 0) is 75.8 Å². The van der Waals surface area contributed by atoms with Crippen molar-refractivity contribution in [2.75, 3.05) is 37.7 Å². The summed E-state index contributed by atoms with van der Waals surface area (Å²) in [6, 6.07) is 15.6. The fraction of sp³-hybridized carbons (Fsp3) is 0.343. The van der Waals surface area contributed by atoms with Crippen molar-refractivity contribution in [2.24, 2.45) is 0 Å². The van der Waals surface area contributed by atoms with Crippen molar-refractivity contribution in [1.29, 1.82) is 0 Å². The number of hydrogen-bond acceptors (Lipinski definition) is 10. The van der Waals surface area contributed by atoms with Gasteiger partial charge in [0.2, 0.25) is 5.36 Å². The van der Waals surface area contributed by atoms with E-state index in [1.807, 2.05) is 36.4 Å². The second-order valence-electron chi connectivity index (χ2n) is 11.5. The van der Waals surface area contributed by atoms with Gasteiger partial charge in [-0.25, -0.2) is 32.8 Å². The summed E-state index contributed by atoms with van der Waals surface area (Å²) in [5.74, 6) is 0.221. The first-order valence-corrected chi connectivity index (χ1v) is 17.0. The molecule has 0 spiro atoms. The molecule has 246 valence electrons. The summed E-state index contributed by atoms with van der Waals surface area (Å²) >= 11 is 0. The van der Waals surface area contributed by atoms with Gasteiger partial charge in [0.15, 0.2) is 5.58 Å². The van der Waals surface area contributed by atoms with E-state index in [2.05, 4.69) is 29.4 Å². The van der Waals surface area contributed by atoms with Gasteiger partial charge in [-0.3, -0.25) is 0 Å². The Morgan fingerprint density at radius 2 is 1.62 bits per heavy atom. The molecule has 0 radical (unpaired) electrons. The second-order valence-corrected chi connectivity index (χ2v) is 12.3. The number of nitrogens with zero attached hydrogens (tertiary/aromatic N) is 2. The molecule has 0 unspecified atom stereocenters. The molecule has 47 heavy (non-hydrogen) atoms. The minimum Gasteiger partial charge on any atom is -0.462 e. The molecule has 7 rings (SSSR count). The number of halogens is 1. The molecule has 0 fully saturated rings. The number of anilines is 1. The molecule has 12 heteroatoms. The number of aryl methyl sites for hydroxylation is 2. The largest absolute Gasteiger partial charge is 0.462 e. The van der Waals surface area contributed by atoms with Gasteiger partial charge in [-0.2, -0.15) is 0 Å². The van der Waals surface area contributed by atoms with Gasteiger partial charge >= 0.3 is 11.6 Å². The van der Waals surface area contributed by atoms with Crippen LogP contribution in [0.15, 0.2) is 62.2 Å². The Morgan fingerprint density at radius 1 is 0.915 bits per heavy atom. The van der Waals surface area contributed by atoms with E-state index in [4.69, 9.17) is 32.2 Å². The molecule has 1 aromatic heterocycles. The van der Waals surface area contributed by atoms with Gasteiger partial charge in [0, 0.05) is 41.5 Å². The van der Waals surface area contributed by atoms with Crippen molar-refractivity contribution >= 4 is 33.6 Å².